The van der Waals surface area contributed by atoms with Crippen LogP contribution in [0.4, 0.5) is 0 Å². The molecular weight excluding hydrogens is 226 g/mol. The van der Waals surface area contributed by atoms with Gasteiger partial charge in [0.25, 0.3) is 0 Å². The van der Waals surface area contributed by atoms with Gasteiger partial charge in [-0.1, -0.05) is 18.2 Å². The molecule has 4 heteroatoms. The summed E-state index contributed by atoms with van der Waals surface area (Å²) in [5.74, 6) is 0. The smallest absolute Gasteiger partial charge is 0.153 e. The van der Waals surface area contributed by atoms with Crippen LogP contribution in [-0.4, -0.2) is 35.1 Å². The molecule has 0 bridgehead atoms. The van der Waals surface area contributed by atoms with Crippen LogP contribution in [0.15, 0.2) is 30.5 Å². The maximum atomic E-state index is 10.9. The van der Waals surface area contributed by atoms with Crippen molar-refractivity contribution in [2.24, 2.45) is 0 Å². The first-order valence-corrected chi connectivity index (χ1v) is 5.86. The number of hydrogen-bond acceptors (Lipinski definition) is 3. The van der Waals surface area contributed by atoms with Crippen LogP contribution in [0, 0.1) is 6.92 Å². The van der Waals surface area contributed by atoms with Crippen LogP contribution in [-0.2, 0) is 6.54 Å². The Labute approximate surface area is 107 Å². The van der Waals surface area contributed by atoms with E-state index in [1.807, 2.05) is 39.2 Å². The number of benzene rings is 1. The van der Waals surface area contributed by atoms with Crippen LogP contribution >= 0.6 is 0 Å². The van der Waals surface area contributed by atoms with Gasteiger partial charge in [-0.25, -0.2) is 4.68 Å². The fraction of sp³-hybridized carbons (Fsp3) is 0.286. The number of rotatable bonds is 4. The molecule has 2 aromatic rings. The molecule has 1 heterocycles. The van der Waals surface area contributed by atoms with Crippen LogP contribution < -0.4 is 0 Å². The zero-order chi connectivity index (χ0) is 13.1. The van der Waals surface area contributed by atoms with E-state index in [0.717, 1.165) is 24.2 Å². The molecule has 0 fully saturated rings. The van der Waals surface area contributed by atoms with Crippen molar-refractivity contribution in [3.8, 4) is 5.69 Å². The zero-order valence-electron chi connectivity index (χ0n) is 10.9. The summed E-state index contributed by atoms with van der Waals surface area (Å²) in [6, 6.07) is 8.08. The van der Waals surface area contributed by atoms with Gasteiger partial charge in [-0.2, -0.15) is 5.10 Å². The lowest BCUT2D eigenvalue weighted by Gasteiger charge is -2.13. The van der Waals surface area contributed by atoms with Gasteiger partial charge in [-0.3, -0.25) is 4.79 Å². The van der Waals surface area contributed by atoms with Crippen molar-refractivity contribution in [3.63, 3.8) is 0 Å². The molecule has 2 rings (SSSR count). The first-order valence-electron chi connectivity index (χ1n) is 5.86. The Bertz CT molecular complexity index is 558. The zero-order valence-corrected chi connectivity index (χ0v) is 10.9. The standard InChI is InChI=1S/C14H17N3O/c1-11-13(10-18)9-17(15-11)14-7-5-4-6-12(14)8-16(2)3/h4-7,9-10H,8H2,1-3H3. The van der Waals surface area contributed by atoms with E-state index in [2.05, 4.69) is 16.1 Å². The van der Waals surface area contributed by atoms with Crippen LogP contribution in [0.1, 0.15) is 21.6 Å². The van der Waals surface area contributed by atoms with Crippen molar-refractivity contribution >= 4 is 6.29 Å². The second kappa shape index (κ2) is 5.14. The summed E-state index contributed by atoms with van der Waals surface area (Å²) in [5.41, 5.74) is 3.59. The minimum atomic E-state index is 0.634. The highest BCUT2D eigenvalue weighted by molar-refractivity contribution is 5.76. The first-order chi connectivity index (χ1) is 8.61. The number of carbonyl (C=O) groups excluding carboxylic acids is 1. The molecule has 0 aliphatic heterocycles. The van der Waals surface area contributed by atoms with Crippen LogP contribution in [0.2, 0.25) is 0 Å². The number of aromatic nitrogens is 2. The highest BCUT2D eigenvalue weighted by Crippen LogP contribution is 2.16. The molecule has 0 aliphatic rings. The summed E-state index contributed by atoms with van der Waals surface area (Å²) >= 11 is 0. The van der Waals surface area contributed by atoms with Crippen molar-refractivity contribution in [1.82, 2.24) is 14.7 Å². The molecule has 0 atom stereocenters. The summed E-state index contributed by atoms with van der Waals surface area (Å²) in [5, 5.41) is 4.39. The van der Waals surface area contributed by atoms with Crippen LogP contribution in [0.5, 0.6) is 0 Å². The lowest BCUT2D eigenvalue weighted by atomic mass is 10.1. The van der Waals surface area contributed by atoms with E-state index < -0.39 is 0 Å². The Morgan fingerprint density at radius 2 is 2.06 bits per heavy atom. The summed E-state index contributed by atoms with van der Waals surface area (Å²) in [6.07, 6.45) is 2.62. The normalized spacial score (nSPS) is 10.9. The number of hydrogen-bond donors (Lipinski definition) is 0. The molecule has 0 radical (unpaired) electrons. The van der Waals surface area contributed by atoms with E-state index in [4.69, 9.17) is 0 Å². The fourth-order valence-electron chi connectivity index (χ4n) is 1.92. The molecule has 0 N–H and O–H groups in total. The van der Waals surface area contributed by atoms with Gasteiger partial charge in [0.15, 0.2) is 6.29 Å². The minimum Gasteiger partial charge on any atom is -0.305 e. The topological polar surface area (TPSA) is 38.1 Å². The molecular formula is C14H17N3O. The third-order valence-electron chi connectivity index (χ3n) is 2.79. The highest BCUT2D eigenvalue weighted by atomic mass is 16.1. The predicted octanol–water partition coefficient (Wildman–Crippen LogP) is 2.05. The lowest BCUT2D eigenvalue weighted by Crippen LogP contribution is -2.13. The fourth-order valence-corrected chi connectivity index (χ4v) is 1.92. The molecule has 0 aliphatic carbocycles. The van der Waals surface area contributed by atoms with Gasteiger partial charge in [-0.15, -0.1) is 0 Å². The second-order valence-electron chi connectivity index (χ2n) is 4.60. The monoisotopic (exact) mass is 243 g/mol. The van der Waals surface area contributed by atoms with Gasteiger partial charge >= 0.3 is 0 Å². The van der Waals surface area contributed by atoms with E-state index in [-0.39, 0.29) is 0 Å². The van der Waals surface area contributed by atoms with E-state index in [0.29, 0.717) is 5.56 Å². The Hall–Kier alpha value is -1.94. The van der Waals surface area contributed by atoms with Gasteiger partial charge in [0, 0.05) is 12.7 Å². The molecule has 0 saturated carbocycles. The van der Waals surface area contributed by atoms with Crippen LogP contribution in [0.25, 0.3) is 5.69 Å². The second-order valence-corrected chi connectivity index (χ2v) is 4.60. The van der Waals surface area contributed by atoms with E-state index in [9.17, 15) is 4.79 Å². The Morgan fingerprint density at radius 1 is 1.33 bits per heavy atom. The number of aldehydes is 1. The number of aryl methyl sites for hydroxylation is 1. The number of nitrogens with zero attached hydrogens (tertiary/aromatic N) is 3. The Balaban J connectivity index is 2.45. The Morgan fingerprint density at radius 3 is 2.67 bits per heavy atom. The Kier molecular flexibility index (Phi) is 3.58. The maximum absolute atomic E-state index is 10.9. The molecule has 1 aromatic carbocycles. The minimum absolute atomic E-state index is 0.634. The molecule has 0 spiro atoms. The number of para-hydroxylation sites is 1. The molecule has 1 aromatic heterocycles. The van der Waals surface area contributed by atoms with Crippen molar-refractivity contribution in [2.75, 3.05) is 14.1 Å². The van der Waals surface area contributed by atoms with Crippen molar-refractivity contribution in [3.05, 3.63) is 47.3 Å². The van der Waals surface area contributed by atoms with Crippen molar-refractivity contribution < 1.29 is 4.79 Å². The molecule has 94 valence electrons. The molecule has 4 nitrogen and oxygen atoms in total. The van der Waals surface area contributed by atoms with Crippen molar-refractivity contribution in [1.29, 1.82) is 0 Å². The average Bonchev–Trinajstić information content (AvgIpc) is 2.70. The van der Waals surface area contributed by atoms with Gasteiger partial charge in [0.2, 0.25) is 0 Å². The summed E-state index contributed by atoms with van der Waals surface area (Å²) in [6.45, 7) is 2.68. The molecule has 0 amide bonds. The van der Waals surface area contributed by atoms with E-state index in [1.165, 1.54) is 5.56 Å². The SMILES string of the molecule is Cc1nn(-c2ccccc2CN(C)C)cc1C=O. The predicted molar refractivity (Wildman–Crippen MR) is 71.1 cm³/mol. The van der Waals surface area contributed by atoms with Gasteiger partial charge in [0.05, 0.1) is 16.9 Å². The first kappa shape index (κ1) is 12.5. The maximum Gasteiger partial charge on any atom is 0.153 e. The third kappa shape index (κ3) is 2.49. The summed E-state index contributed by atoms with van der Waals surface area (Å²) in [4.78, 5) is 13.0. The van der Waals surface area contributed by atoms with Gasteiger partial charge in [0.1, 0.15) is 0 Å². The molecule has 0 unspecified atom stereocenters. The van der Waals surface area contributed by atoms with Crippen molar-refractivity contribution in [2.45, 2.75) is 13.5 Å². The highest BCUT2D eigenvalue weighted by Gasteiger charge is 2.09. The summed E-state index contributed by atoms with van der Waals surface area (Å²) < 4.78 is 1.78. The largest absolute Gasteiger partial charge is 0.305 e. The van der Waals surface area contributed by atoms with Crippen LogP contribution in [0.3, 0.4) is 0 Å². The lowest BCUT2D eigenvalue weighted by molar-refractivity contribution is 0.112. The third-order valence-corrected chi connectivity index (χ3v) is 2.79. The van der Waals surface area contributed by atoms with E-state index >= 15 is 0 Å². The van der Waals surface area contributed by atoms with E-state index in [1.54, 1.807) is 10.9 Å². The summed E-state index contributed by atoms with van der Waals surface area (Å²) in [7, 11) is 4.06. The van der Waals surface area contributed by atoms with Gasteiger partial charge < -0.3 is 4.90 Å². The molecule has 0 saturated heterocycles. The average molecular weight is 243 g/mol. The number of carbonyl (C=O) groups is 1. The van der Waals surface area contributed by atoms with Gasteiger partial charge in [-0.05, 0) is 32.6 Å². The quantitative estimate of drug-likeness (QED) is 0.771. The molecule has 18 heavy (non-hydrogen) atoms.